The zero-order chi connectivity index (χ0) is 25.4. The molecule has 2 saturated heterocycles. The first kappa shape index (κ1) is 24.3. The number of morpholine rings is 1. The first-order chi connectivity index (χ1) is 18.1. The lowest BCUT2D eigenvalue weighted by Crippen LogP contribution is -2.40. The molecule has 0 aliphatic carbocycles. The third-order valence-electron chi connectivity index (χ3n) is 7.39. The summed E-state index contributed by atoms with van der Waals surface area (Å²) in [5, 5.41) is 1.13. The highest BCUT2D eigenvalue weighted by molar-refractivity contribution is 7.19. The van der Waals surface area contributed by atoms with Crippen LogP contribution in [0.15, 0.2) is 36.5 Å². The van der Waals surface area contributed by atoms with Crippen molar-refractivity contribution in [3.05, 3.63) is 41.4 Å². The van der Waals surface area contributed by atoms with Crippen molar-refractivity contribution >= 4 is 44.2 Å². The molecule has 1 unspecified atom stereocenters. The van der Waals surface area contributed by atoms with Crippen LogP contribution in [0.3, 0.4) is 0 Å². The molecule has 4 aromatic rings. The van der Waals surface area contributed by atoms with Crippen LogP contribution in [0.5, 0.6) is 0 Å². The number of aromatic amines is 1. The minimum atomic E-state index is 0.0339. The molecule has 10 heteroatoms. The van der Waals surface area contributed by atoms with Gasteiger partial charge in [0.15, 0.2) is 11.6 Å². The van der Waals surface area contributed by atoms with Crippen molar-refractivity contribution < 1.29 is 14.3 Å². The molecule has 194 valence electrons. The molecule has 1 N–H and O–H groups in total. The number of nitrogens with one attached hydrogen (secondary N) is 1. The standard InChI is InChI=1S/C27H32N6O3S/c1-31(24(34)17-35-2)18-7-9-32(15-18)16-19-14-23-25(37-19)27(33-10-12-36-13-11-33)30-26(29-23)21-4-3-5-22-20(21)6-8-28-22/h3-6,8,14,18,28H,7,9-13,15-17H2,1-2H3. The predicted molar refractivity (Wildman–Crippen MR) is 146 cm³/mol. The zero-order valence-corrected chi connectivity index (χ0v) is 22.1. The van der Waals surface area contributed by atoms with E-state index in [1.165, 1.54) is 4.88 Å². The molecule has 6 rings (SSSR count). The molecule has 0 spiro atoms. The molecule has 3 aromatic heterocycles. The number of ether oxygens (including phenoxy) is 2. The Morgan fingerprint density at radius 2 is 2.11 bits per heavy atom. The SMILES string of the molecule is COCC(=O)N(C)C1CCN(Cc2cc3nc(-c4cccc5[nH]ccc45)nc(N4CCOCC4)c3s2)C1. The molecule has 1 amide bonds. The second kappa shape index (κ2) is 10.4. The molecule has 2 fully saturated rings. The number of fused-ring (bicyclic) bond motifs is 2. The lowest BCUT2D eigenvalue weighted by molar-refractivity contribution is -0.135. The number of carbonyl (C=O) groups is 1. The normalized spacial score (nSPS) is 18.8. The Kier molecular flexibility index (Phi) is 6.81. The largest absolute Gasteiger partial charge is 0.378 e. The van der Waals surface area contributed by atoms with Crippen molar-refractivity contribution in [2.24, 2.45) is 0 Å². The van der Waals surface area contributed by atoms with Crippen LogP contribution in [0, 0.1) is 0 Å². The molecule has 1 aromatic carbocycles. The minimum Gasteiger partial charge on any atom is -0.378 e. The van der Waals surface area contributed by atoms with Gasteiger partial charge in [-0.25, -0.2) is 9.97 Å². The monoisotopic (exact) mass is 520 g/mol. The molecular formula is C27H32N6O3S. The van der Waals surface area contributed by atoms with Gasteiger partial charge in [-0.15, -0.1) is 11.3 Å². The van der Waals surface area contributed by atoms with Crippen molar-refractivity contribution in [1.82, 2.24) is 24.8 Å². The highest BCUT2D eigenvalue weighted by Crippen LogP contribution is 2.36. The summed E-state index contributed by atoms with van der Waals surface area (Å²) in [4.78, 5) is 33.6. The van der Waals surface area contributed by atoms with E-state index in [0.717, 1.165) is 77.5 Å². The quantitative estimate of drug-likeness (QED) is 0.400. The predicted octanol–water partition coefficient (Wildman–Crippen LogP) is 3.36. The Morgan fingerprint density at radius 1 is 1.24 bits per heavy atom. The number of hydrogen-bond acceptors (Lipinski definition) is 8. The topological polar surface area (TPSA) is 86.8 Å². The Labute approximate surface area is 220 Å². The number of rotatable bonds is 7. The van der Waals surface area contributed by atoms with E-state index in [9.17, 15) is 4.79 Å². The Balaban J connectivity index is 1.31. The van der Waals surface area contributed by atoms with Crippen LogP contribution in [0.2, 0.25) is 0 Å². The van der Waals surface area contributed by atoms with Crippen molar-refractivity contribution in [3.63, 3.8) is 0 Å². The molecule has 1 atom stereocenters. The number of nitrogens with zero attached hydrogens (tertiary/aromatic N) is 5. The molecule has 2 aliphatic rings. The molecule has 9 nitrogen and oxygen atoms in total. The number of hydrogen-bond donors (Lipinski definition) is 1. The molecular weight excluding hydrogens is 488 g/mol. The lowest BCUT2D eigenvalue weighted by atomic mass is 10.1. The van der Waals surface area contributed by atoms with E-state index in [-0.39, 0.29) is 18.6 Å². The smallest absolute Gasteiger partial charge is 0.248 e. The summed E-state index contributed by atoms with van der Waals surface area (Å²) in [6.45, 7) is 5.86. The van der Waals surface area contributed by atoms with Crippen LogP contribution in [0.1, 0.15) is 11.3 Å². The zero-order valence-electron chi connectivity index (χ0n) is 21.3. The summed E-state index contributed by atoms with van der Waals surface area (Å²) < 4.78 is 11.8. The van der Waals surface area contributed by atoms with Crippen molar-refractivity contribution in [3.8, 4) is 11.4 Å². The number of aromatic nitrogens is 3. The van der Waals surface area contributed by atoms with E-state index in [1.54, 1.807) is 18.4 Å². The fourth-order valence-corrected chi connectivity index (χ4v) is 6.51. The van der Waals surface area contributed by atoms with Crippen LogP contribution >= 0.6 is 11.3 Å². The third-order valence-corrected chi connectivity index (χ3v) is 8.49. The van der Waals surface area contributed by atoms with E-state index >= 15 is 0 Å². The van der Waals surface area contributed by atoms with Gasteiger partial charge >= 0.3 is 0 Å². The molecule has 0 radical (unpaired) electrons. The van der Waals surface area contributed by atoms with Crippen molar-refractivity contribution in [1.29, 1.82) is 0 Å². The van der Waals surface area contributed by atoms with Gasteiger partial charge in [-0.2, -0.15) is 0 Å². The van der Waals surface area contributed by atoms with Gasteiger partial charge in [0.1, 0.15) is 6.61 Å². The average Bonchev–Trinajstić information content (AvgIpc) is 3.67. The van der Waals surface area contributed by atoms with Gasteiger partial charge in [0, 0.05) is 80.5 Å². The van der Waals surface area contributed by atoms with Gasteiger partial charge in [0.2, 0.25) is 5.91 Å². The average molecular weight is 521 g/mol. The second-order valence-corrected chi connectivity index (χ2v) is 10.9. The highest BCUT2D eigenvalue weighted by Gasteiger charge is 2.29. The summed E-state index contributed by atoms with van der Waals surface area (Å²) in [5.41, 5.74) is 3.11. The van der Waals surface area contributed by atoms with Crippen LogP contribution in [-0.4, -0.2) is 96.9 Å². The number of likely N-dealkylation sites (N-methyl/N-ethyl adjacent to an activating group) is 1. The number of thiophene rings is 1. The number of methoxy groups -OCH3 is 1. The van der Waals surface area contributed by atoms with Crippen molar-refractivity contribution in [2.45, 2.75) is 19.0 Å². The van der Waals surface area contributed by atoms with Crippen LogP contribution in [0.4, 0.5) is 5.82 Å². The fraction of sp³-hybridized carbons (Fsp3) is 0.444. The maximum atomic E-state index is 12.3. The maximum Gasteiger partial charge on any atom is 0.248 e. The number of H-pyrrole nitrogens is 1. The first-order valence-electron chi connectivity index (χ1n) is 12.8. The number of likely N-dealkylation sites (tertiary alicyclic amines) is 1. The van der Waals surface area contributed by atoms with Gasteiger partial charge in [-0.3, -0.25) is 9.69 Å². The summed E-state index contributed by atoms with van der Waals surface area (Å²) in [5.74, 6) is 1.78. The second-order valence-electron chi connectivity index (χ2n) is 9.76. The van der Waals surface area contributed by atoms with Gasteiger partial charge in [-0.1, -0.05) is 12.1 Å². The molecule has 0 bridgehead atoms. The van der Waals surface area contributed by atoms with Crippen LogP contribution < -0.4 is 4.90 Å². The number of anilines is 1. The maximum absolute atomic E-state index is 12.3. The summed E-state index contributed by atoms with van der Waals surface area (Å²) in [7, 11) is 3.44. The van der Waals surface area contributed by atoms with Gasteiger partial charge < -0.3 is 24.3 Å². The Bertz CT molecular complexity index is 1410. The fourth-order valence-electron chi connectivity index (χ4n) is 5.35. The van der Waals surface area contributed by atoms with Crippen LogP contribution in [-0.2, 0) is 20.8 Å². The summed E-state index contributed by atoms with van der Waals surface area (Å²) in [6.07, 6.45) is 2.93. The minimum absolute atomic E-state index is 0.0339. The Hall–Kier alpha value is -3.05. The first-order valence-corrected chi connectivity index (χ1v) is 13.6. The van der Waals surface area contributed by atoms with Crippen LogP contribution in [0.25, 0.3) is 32.5 Å². The van der Waals surface area contributed by atoms with Gasteiger partial charge in [0.25, 0.3) is 0 Å². The molecule has 2 aliphatic heterocycles. The third kappa shape index (κ3) is 4.82. The van der Waals surface area contributed by atoms with E-state index in [0.29, 0.717) is 13.2 Å². The number of benzene rings is 1. The summed E-state index contributed by atoms with van der Waals surface area (Å²) >= 11 is 1.78. The lowest BCUT2D eigenvalue weighted by Gasteiger charge is -2.28. The van der Waals surface area contributed by atoms with Crippen molar-refractivity contribution in [2.75, 3.05) is 65.1 Å². The van der Waals surface area contributed by atoms with E-state index in [1.807, 2.05) is 24.2 Å². The highest BCUT2D eigenvalue weighted by atomic mass is 32.1. The van der Waals surface area contributed by atoms with E-state index in [4.69, 9.17) is 19.4 Å². The molecule has 5 heterocycles. The molecule has 0 saturated carbocycles. The Morgan fingerprint density at radius 3 is 2.95 bits per heavy atom. The van der Waals surface area contributed by atoms with Gasteiger partial charge in [-0.05, 0) is 24.6 Å². The number of amides is 1. The molecule has 37 heavy (non-hydrogen) atoms. The van der Waals surface area contributed by atoms with E-state index in [2.05, 4.69) is 39.0 Å². The number of carbonyl (C=O) groups excluding carboxylic acids is 1. The van der Waals surface area contributed by atoms with E-state index < -0.39 is 0 Å². The summed E-state index contributed by atoms with van der Waals surface area (Å²) in [6, 6.07) is 10.7. The van der Waals surface area contributed by atoms with Gasteiger partial charge in [0.05, 0.1) is 23.4 Å².